The predicted octanol–water partition coefficient (Wildman–Crippen LogP) is 3.42. The molecule has 0 saturated heterocycles. The minimum atomic E-state index is -3.20. The normalized spacial score (nSPS) is 11.9. The van der Waals surface area contributed by atoms with Gasteiger partial charge in [-0.05, 0) is 67.9 Å². The molecule has 0 aliphatic rings. The second-order valence-corrected chi connectivity index (χ2v) is 8.23. The zero-order valence-corrected chi connectivity index (χ0v) is 16.3. The van der Waals surface area contributed by atoms with Gasteiger partial charge in [-0.25, -0.2) is 8.42 Å². The minimum Gasteiger partial charge on any atom is -0.331 e. The first-order valence-electron chi connectivity index (χ1n) is 7.66. The molecule has 0 aliphatic heterocycles. The fourth-order valence-electron chi connectivity index (χ4n) is 2.18. The van der Waals surface area contributed by atoms with Crippen LogP contribution in [0.25, 0.3) is 0 Å². The summed E-state index contributed by atoms with van der Waals surface area (Å²) >= 11 is 5.27. The van der Waals surface area contributed by atoms with Crippen LogP contribution in [0.5, 0.6) is 0 Å². The van der Waals surface area contributed by atoms with Gasteiger partial charge in [0.2, 0.25) is 0 Å². The minimum absolute atomic E-state index is 0.282. The van der Waals surface area contributed by atoms with E-state index in [4.69, 9.17) is 12.2 Å². The molecule has 5 nitrogen and oxygen atoms in total. The van der Waals surface area contributed by atoms with E-state index in [2.05, 4.69) is 15.8 Å². The van der Waals surface area contributed by atoms with Gasteiger partial charge in [0.05, 0.1) is 10.6 Å². The second-order valence-electron chi connectivity index (χ2n) is 5.81. The number of anilines is 1. The fourth-order valence-corrected chi connectivity index (χ4v) is 2.97. The molecule has 2 aromatic rings. The maximum atomic E-state index is 11.5. The van der Waals surface area contributed by atoms with Crippen LogP contribution in [0.4, 0.5) is 5.69 Å². The molecular weight excluding hydrogens is 354 g/mol. The lowest BCUT2D eigenvalue weighted by Crippen LogP contribution is -2.25. The summed E-state index contributed by atoms with van der Waals surface area (Å²) in [5.41, 5.74) is 7.57. The number of thiocarbonyl (C=S) groups is 1. The fraction of sp³-hybridized carbons (Fsp3) is 0.222. The highest BCUT2D eigenvalue weighted by molar-refractivity contribution is 7.90. The average molecular weight is 376 g/mol. The van der Waals surface area contributed by atoms with Crippen molar-refractivity contribution >= 4 is 38.6 Å². The first-order valence-corrected chi connectivity index (χ1v) is 9.96. The molecule has 0 atom stereocenters. The van der Waals surface area contributed by atoms with Crippen LogP contribution >= 0.6 is 12.2 Å². The molecule has 0 unspecified atom stereocenters. The van der Waals surface area contributed by atoms with Gasteiger partial charge in [-0.3, -0.25) is 5.43 Å². The molecule has 0 heterocycles. The Morgan fingerprint density at radius 1 is 1.08 bits per heavy atom. The first-order chi connectivity index (χ1) is 11.7. The van der Waals surface area contributed by atoms with Crippen molar-refractivity contribution in [1.82, 2.24) is 5.43 Å². The summed E-state index contributed by atoms with van der Waals surface area (Å²) in [6.45, 7) is 5.89. The Morgan fingerprint density at radius 3 is 2.32 bits per heavy atom. The number of hydrogen-bond donors (Lipinski definition) is 2. The zero-order valence-electron chi connectivity index (χ0n) is 14.6. The number of nitrogens with one attached hydrogen (secondary N) is 2. The lowest BCUT2D eigenvalue weighted by atomic mass is 10.1. The van der Waals surface area contributed by atoms with Crippen LogP contribution in [-0.2, 0) is 9.84 Å². The second kappa shape index (κ2) is 7.76. The largest absolute Gasteiger partial charge is 0.331 e. The Kier molecular flexibility index (Phi) is 5.92. The molecule has 0 bridgehead atoms. The molecule has 7 heteroatoms. The summed E-state index contributed by atoms with van der Waals surface area (Å²) in [6.07, 6.45) is 1.18. The van der Waals surface area contributed by atoms with Gasteiger partial charge in [0.1, 0.15) is 0 Å². The van der Waals surface area contributed by atoms with E-state index >= 15 is 0 Å². The lowest BCUT2D eigenvalue weighted by molar-refractivity contribution is 0.602. The topological polar surface area (TPSA) is 70.6 Å². The Bertz CT molecular complexity index is 918. The summed E-state index contributed by atoms with van der Waals surface area (Å²) < 4.78 is 23.0. The molecule has 2 N–H and O–H groups in total. The number of sulfone groups is 1. The average Bonchev–Trinajstić information content (AvgIpc) is 2.56. The van der Waals surface area contributed by atoms with Crippen molar-refractivity contribution in [2.75, 3.05) is 11.6 Å². The third kappa shape index (κ3) is 5.11. The maximum Gasteiger partial charge on any atom is 0.191 e. The third-order valence-corrected chi connectivity index (χ3v) is 5.20. The summed E-state index contributed by atoms with van der Waals surface area (Å²) in [6, 6.07) is 12.5. The van der Waals surface area contributed by atoms with Crippen molar-refractivity contribution < 1.29 is 8.42 Å². The molecule has 0 fully saturated rings. The molecule has 0 amide bonds. The number of benzene rings is 2. The number of aryl methyl sites for hydroxylation is 1. The lowest BCUT2D eigenvalue weighted by Gasteiger charge is -2.12. The van der Waals surface area contributed by atoms with Gasteiger partial charge < -0.3 is 5.32 Å². The number of hydrazone groups is 1. The molecule has 0 spiro atoms. The van der Waals surface area contributed by atoms with Crippen LogP contribution in [0.2, 0.25) is 0 Å². The summed E-state index contributed by atoms with van der Waals surface area (Å²) in [7, 11) is -3.20. The van der Waals surface area contributed by atoms with Crippen molar-refractivity contribution in [2.45, 2.75) is 25.7 Å². The van der Waals surface area contributed by atoms with Crippen molar-refractivity contribution in [3.8, 4) is 0 Å². The maximum absolute atomic E-state index is 11.5. The monoisotopic (exact) mass is 375 g/mol. The Morgan fingerprint density at radius 2 is 1.72 bits per heavy atom. The Balaban J connectivity index is 2.05. The van der Waals surface area contributed by atoms with E-state index in [0.29, 0.717) is 10.8 Å². The van der Waals surface area contributed by atoms with Gasteiger partial charge in [0, 0.05) is 11.9 Å². The quantitative estimate of drug-likeness (QED) is 0.487. The zero-order chi connectivity index (χ0) is 18.6. The Hall–Kier alpha value is -2.25. The van der Waals surface area contributed by atoms with Crippen LogP contribution in [0.3, 0.4) is 0 Å². The van der Waals surface area contributed by atoms with Crippen LogP contribution in [0, 0.1) is 13.8 Å². The third-order valence-electron chi connectivity index (χ3n) is 3.88. The van der Waals surface area contributed by atoms with Crippen LogP contribution in [-0.4, -0.2) is 25.5 Å². The number of hydrogen-bond acceptors (Lipinski definition) is 4. The van der Waals surface area contributed by atoms with Crippen LogP contribution in [0.1, 0.15) is 23.6 Å². The van der Waals surface area contributed by atoms with Gasteiger partial charge in [-0.15, -0.1) is 0 Å². The van der Waals surface area contributed by atoms with E-state index in [1.165, 1.54) is 11.8 Å². The SMILES string of the molecule is C/C(=N/NC(=S)Nc1cccc(C)c1C)c1ccc(S(C)(=O)=O)cc1. The van der Waals surface area contributed by atoms with E-state index < -0.39 is 9.84 Å². The van der Waals surface area contributed by atoms with Crippen LogP contribution in [0.15, 0.2) is 52.5 Å². The molecule has 132 valence electrons. The molecule has 0 radical (unpaired) electrons. The van der Waals surface area contributed by atoms with Crippen molar-refractivity contribution in [3.05, 3.63) is 59.2 Å². The van der Waals surface area contributed by atoms with Gasteiger partial charge >= 0.3 is 0 Å². The van der Waals surface area contributed by atoms with Crippen molar-refractivity contribution in [1.29, 1.82) is 0 Å². The first kappa shape index (κ1) is 19.1. The molecule has 2 rings (SSSR count). The van der Waals surface area contributed by atoms with E-state index in [-0.39, 0.29) is 4.90 Å². The van der Waals surface area contributed by atoms with Gasteiger partial charge in [-0.1, -0.05) is 24.3 Å². The van der Waals surface area contributed by atoms with Crippen LogP contribution < -0.4 is 10.7 Å². The molecule has 2 aromatic carbocycles. The van der Waals surface area contributed by atoms with E-state index in [0.717, 1.165) is 16.8 Å². The van der Waals surface area contributed by atoms with Gasteiger partial charge in [0.15, 0.2) is 14.9 Å². The molecule has 25 heavy (non-hydrogen) atoms. The number of nitrogens with zero attached hydrogens (tertiary/aromatic N) is 1. The predicted molar refractivity (Wildman–Crippen MR) is 107 cm³/mol. The molecule has 0 aromatic heterocycles. The van der Waals surface area contributed by atoms with Crippen molar-refractivity contribution in [2.24, 2.45) is 5.10 Å². The standard InChI is InChI=1S/C18H21N3O2S2/c1-12-6-5-7-17(13(12)2)19-18(24)21-20-14(3)15-8-10-16(11-9-15)25(4,22)23/h5-11H,1-4H3,(H2,19,21,24)/b20-14-. The summed E-state index contributed by atoms with van der Waals surface area (Å²) in [4.78, 5) is 0.282. The summed E-state index contributed by atoms with van der Waals surface area (Å²) in [5.74, 6) is 0. The number of rotatable bonds is 4. The van der Waals surface area contributed by atoms with E-state index in [1.807, 2.05) is 39.0 Å². The Labute approximate surface area is 154 Å². The van der Waals surface area contributed by atoms with Gasteiger partial charge in [-0.2, -0.15) is 5.10 Å². The summed E-state index contributed by atoms with van der Waals surface area (Å²) in [5, 5.41) is 7.76. The van der Waals surface area contributed by atoms with E-state index in [1.54, 1.807) is 24.3 Å². The highest BCUT2D eigenvalue weighted by Crippen LogP contribution is 2.17. The molecule has 0 aliphatic carbocycles. The molecule has 0 saturated carbocycles. The molecular formula is C18H21N3O2S2. The van der Waals surface area contributed by atoms with Crippen molar-refractivity contribution in [3.63, 3.8) is 0 Å². The highest BCUT2D eigenvalue weighted by atomic mass is 32.2. The smallest absolute Gasteiger partial charge is 0.191 e. The highest BCUT2D eigenvalue weighted by Gasteiger charge is 2.07. The van der Waals surface area contributed by atoms with E-state index in [9.17, 15) is 8.42 Å². The van der Waals surface area contributed by atoms with Gasteiger partial charge in [0.25, 0.3) is 0 Å².